The Morgan fingerprint density at radius 2 is 2.00 bits per heavy atom. The Morgan fingerprint density at radius 1 is 1.35 bits per heavy atom. The van der Waals surface area contributed by atoms with Crippen molar-refractivity contribution in [2.24, 2.45) is 0 Å². The number of rotatable bonds is 5. The van der Waals surface area contributed by atoms with Gasteiger partial charge in [-0.1, -0.05) is 6.92 Å². The van der Waals surface area contributed by atoms with Gasteiger partial charge in [0, 0.05) is 5.69 Å². The molecule has 0 saturated heterocycles. The summed E-state index contributed by atoms with van der Waals surface area (Å²) in [5, 5.41) is 0. The summed E-state index contributed by atoms with van der Waals surface area (Å²) in [5.74, 6) is -1.65. The minimum Gasteiger partial charge on any atom is -0.466 e. The Bertz CT molecular complexity index is 474. The van der Waals surface area contributed by atoms with Gasteiger partial charge >= 0.3 is 12.3 Å². The molecule has 1 unspecified atom stereocenters. The zero-order valence-corrected chi connectivity index (χ0v) is 11.2. The van der Waals surface area contributed by atoms with Crippen LogP contribution in [0.4, 0.5) is 18.9 Å². The van der Waals surface area contributed by atoms with Crippen molar-refractivity contribution in [2.45, 2.75) is 32.5 Å². The quantitative estimate of drug-likeness (QED) is 0.668. The highest BCUT2D eigenvalue weighted by molar-refractivity contribution is 5.80. The second-order valence-corrected chi connectivity index (χ2v) is 4.05. The van der Waals surface area contributed by atoms with Crippen LogP contribution in [0.2, 0.25) is 0 Å². The third-order valence-electron chi connectivity index (χ3n) is 2.65. The molecule has 1 aromatic rings. The lowest BCUT2D eigenvalue weighted by Crippen LogP contribution is -2.19. The Hall–Kier alpha value is -1.92. The van der Waals surface area contributed by atoms with E-state index in [0.717, 1.165) is 12.1 Å². The van der Waals surface area contributed by atoms with Gasteiger partial charge in [-0.05, 0) is 37.1 Å². The van der Waals surface area contributed by atoms with Crippen LogP contribution in [-0.2, 0) is 9.53 Å². The summed E-state index contributed by atoms with van der Waals surface area (Å²) < 4.78 is 45.3. The smallest absolute Gasteiger partial charge is 0.466 e. The van der Waals surface area contributed by atoms with E-state index in [4.69, 9.17) is 10.5 Å². The van der Waals surface area contributed by atoms with Gasteiger partial charge in [0.05, 0.1) is 12.5 Å². The van der Waals surface area contributed by atoms with Gasteiger partial charge in [-0.15, -0.1) is 13.2 Å². The molecule has 0 saturated carbocycles. The summed E-state index contributed by atoms with van der Waals surface area (Å²) >= 11 is 0. The van der Waals surface area contributed by atoms with Gasteiger partial charge in [0.1, 0.15) is 5.75 Å². The predicted octanol–water partition coefficient (Wildman–Crippen LogP) is 3.22. The van der Waals surface area contributed by atoms with Crippen molar-refractivity contribution < 1.29 is 27.4 Å². The largest absolute Gasteiger partial charge is 0.573 e. The molecule has 112 valence electrons. The second-order valence-electron chi connectivity index (χ2n) is 4.05. The van der Waals surface area contributed by atoms with Gasteiger partial charge in [0.25, 0.3) is 0 Å². The first-order chi connectivity index (χ1) is 9.28. The molecule has 1 rings (SSSR count). The number of benzene rings is 1. The molecular weight excluding hydrogens is 275 g/mol. The number of hydrogen-bond donors (Lipinski definition) is 1. The van der Waals surface area contributed by atoms with Gasteiger partial charge in [-0.25, -0.2) is 0 Å². The Kier molecular flexibility index (Phi) is 5.24. The first-order valence-electron chi connectivity index (χ1n) is 6.10. The van der Waals surface area contributed by atoms with Crippen LogP contribution in [0.1, 0.15) is 31.7 Å². The maximum Gasteiger partial charge on any atom is 0.573 e. The lowest BCUT2D eigenvalue weighted by Gasteiger charge is -2.17. The number of carbonyl (C=O) groups is 1. The fourth-order valence-electron chi connectivity index (χ4n) is 1.81. The third kappa shape index (κ3) is 4.32. The summed E-state index contributed by atoms with van der Waals surface area (Å²) in [6.07, 6.45) is -4.43. The maximum atomic E-state index is 12.2. The van der Waals surface area contributed by atoms with Gasteiger partial charge in [0.15, 0.2) is 0 Å². The van der Waals surface area contributed by atoms with Crippen LogP contribution < -0.4 is 10.5 Å². The Labute approximate surface area is 114 Å². The zero-order chi connectivity index (χ0) is 15.3. The molecule has 0 aliphatic rings. The summed E-state index contributed by atoms with van der Waals surface area (Å²) in [5.41, 5.74) is 6.21. The number of alkyl halides is 3. The van der Waals surface area contributed by atoms with E-state index in [2.05, 4.69) is 4.74 Å². The molecule has 0 radical (unpaired) electrons. The van der Waals surface area contributed by atoms with E-state index in [9.17, 15) is 18.0 Å². The molecule has 0 aliphatic heterocycles. The molecule has 0 aromatic heterocycles. The Balaban J connectivity index is 3.08. The third-order valence-corrected chi connectivity index (χ3v) is 2.65. The number of nitrogens with two attached hydrogens (primary N) is 1. The molecular formula is C13H16F3NO3. The fourth-order valence-corrected chi connectivity index (χ4v) is 1.81. The number of anilines is 1. The standard InChI is InChI=1S/C13H16F3NO3/c1-3-9(12(18)19-4-2)10-7-8(5-6-11(10)17)20-13(14,15)16/h5-7,9H,3-4,17H2,1-2H3. The monoisotopic (exact) mass is 291 g/mol. The fraction of sp³-hybridized carbons (Fsp3) is 0.462. The van der Waals surface area contributed by atoms with E-state index in [1.807, 2.05) is 0 Å². The summed E-state index contributed by atoms with van der Waals surface area (Å²) in [6, 6.07) is 3.50. The van der Waals surface area contributed by atoms with Crippen molar-refractivity contribution in [3.05, 3.63) is 23.8 Å². The number of halogens is 3. The van der Waals surface area contributed by atoms with Crippen molar-refractivity contribution >= 4 is 11.7 Å². The molecule has 0 spiro atoms. The van der Waals surface area contributed by atoms with Crippen LogP contribution in [0.25, 0.3) is 0 Å². The first kappa shape index (κ1) is 16.1. The average Bonchev–Trinajstić information content (AvgIpc) is 2.32. The van der Waals surface area contributed by atoms with Gasteiger partial charge < -0.3 is 15.2 Å². The highest BCUT2D eigenvalue weighted by atomic mass is 19.4. The number of ether oxygens (including phenoxy) is 2. The van der Waals surface area contributed by atoms with Gasteiger partial charge in [-0.3, -0.25) is 4.79 Å². The molecule has 1 atom stereocenters. The van der Waals surface area contributed by atoms with E-state index in [0.29, 0.717) is 6.42 Å². The zero-order valence-electron chi connectivity index (χ0n) is 11.2. The number of nitrogen functional groups attached to an aromatic ring is 1. The van der Waals surface area contributed by atoms with Gasteiger partial charge in [0.2, 0.25) is 0 Å². The Morgan fingerprint density at radius 3 is 2.50 bits per heavy atom. The highest BCUT2D eigenvalue weighted by Crippen LogP contribution is 2.32. The average molecular weight is 291 g/mol. The van der Waals surface area contributed by atoms with Crippen LogP contribution in [0, 0.1) is 0 Å². The van der Waals surface area contributed by atoms with Crippen molar-refractivity contribution in [2.75, 3.05) is 12.3 Å². The molecule has 0 aliphatic carbocycles. The molecule has 2 N–H and O–H groups in total. The predicted molar refractivity (Wildman–Crippen MR) is 67.2 cm³/mol. The minimum atomic E-state index is -4.79. The highest BCUT2D eigenvalue weighted by Gasteiger charge is 2.32. The van der Waals surface area contributed by atoms with Crippen LogP contribution in [0.3, 0.4) is 0 Å². The minimum absolute atomic E-state index is 0.188. The van der Waals surface area contributed by atoms with E-state index >= 15 is 0 Å². The topological polar surface area (TPSA) is 61.5 Å². The summed E-state index contributed by atoms with van der Waals surface area (Å²) in [6.45, 7) is 3.56. The lowest BCUT2D eigenvalue weighted by atomic mass is 9.95. The number of esters is 1. The van der Waals surface area contributed by atoms with Crippen molar-refractivity contribution in [3.8, 4) is 5.75 Å². The van der Waals surface area contributed by atoms with Crippen LogP contribution >= 0.6 is 0 Å². The molecule has 0 bridgehead atoms. The van der Waals surface area contributed by atoms with Crippen molar-refractivity contribution in [1.82, 2.24) is 0 Å². The van der Waals surface area contributed by atoms with Crippen LogP contribution in [-0.4, -0.2) is 18.9 Å². The maximum absolute atomic E-state index is 12.2. The van der Waals surface area contributed by atoms with E-state index in [1.165, 1.54) is 6.07 Å². The molecule has 20 heavy (non-hydrogen) atoms. The molecule has 4 nitrogen and oxygen atoms in total. The molecule has 1 aromatic carbocycles. The van der Waals surface area contributed by atoms with Crippen LogP contribution in [0.15, 0.2) is 18.2 Å². The molecule has 7 heteroatoms. The number of carbonyl (C=O) groups excluding carboxylic acids is 1. The van der Waals surface area contributed by atoms with Crippen molar-refractivity contribution in [3.63, 3.8) is 0 Å². The van der Waals surface area contributed by atoms with Crippen molar-refractivity contribution in [1.29, 1.82) is 0 Å². The van der Waals surface area contributed by atoms with E-state index in [1.54, 1.807) is 13.8 Å². The van der Waals surface area contributed by atoms with E-state index in [-0.39, 0.29) is 17.9 Å². The normalized spacial score (nSPS) is 12.8. The first-order valence-corrected chi connectivity index (χ1v) is 6.10. The molecule has 0 heterocycles. The van der Waals surface area contributed by atoms with Gasteiger partial charge in [-0.2, -0.15) is 0 Å². The van der Waals surface area contributed by atoms with E-state index < -0.39 is 24.0 Å². The summed E-state index contributed by atoms with van der Waals surface area (Å²) in [7, 11) is 0. The molecule has 0 amide bonds. The van der Waals surface area contributed by atoms with Crippen LogP contribution in [0.5, 0.6) is 5.75 Å². The number of hydrogen-bond acceptors (Lipinski definition) is 4. The SMILES string of the molecule is CCOC(=O)C(CC)c1cc(OC(F)(F)F)ccc1N. The lowest BCUT2D eigenvalue weighted by molar-refractivity contribution is -0.274. The summed E-state index contributed by atoms with van der Waals surface area (Å²) in [4.78, 5) is 11.8. The molecule has 0 fully saturated rings. The second kappa shape index (κ2) is 6.49.